The number of fused-ring (bicyclic) bond motifs is 1. The highest BCUT2D eigenvalue weighted by atomic mass is 35.5. The number of morpholine rings is 1. The molecule has 0 bridgehead atoms. The molecule has 5 heteroatoms. The van der Waals surface area contributed by atoms with Gasteiger partial charge in [-0.25, -0.2) is 4.98 Å². The van der Waals surface area contributed by atoms with Crippen molar-refractivity contribution in [2.45, 2.75) is 32.4 Å². The molecule has 0 unspecified atom stereocenters. The van der Waals surface area contributed by atoms with Crippen LogP contribution in [0.4, 0.5) is 0 Å². The molecule has 94 valence electrons. The third kappa shape index (κ3) is 2.34. The van der Waals surface area contributed by atoms with Gasteiger partial charge >= 0.3 is 0 Å². The Labute approximate surface area is 107 Å². The first-order valence-corrected chi connectivity index (χ1v) is 6.76. The lowest BCUT2D eigenvalue weighted by Gasteiger charge is -2.26. The summed E-state index contributed by atoms with van der Waals surface area (Å²) in [4.78, 5) is 6.93. The van der Waals surface area contributed by atoms with E-state index in [0.29, 0.717) is 5.28 Å². The van der Waals surface area contributed by atoms with Gasteiger partial charge in [-0.05, 0) is 30.9 Å². The molecule has 17 heavy (non-hydrogen) atoms. The SMILES string of the molecule is Clc1nc(CN2CCOCC2)c2n1CCCC2. The van der Waals surface area contributed by atoms with Gasteiger partial charge in [0.15, 0.2) is 0 Å². The molecular formula is C12H18ClN3O. The standard InChI is InChI=1S/C12H18ClN3O/c13-12-14-10(9-15-5-7-17-8-6-15)11-3-1-2-4-16(11)12/h1-9H2. The molecule has 0 spiro atoms. The van der Waals surface area contributed by atoms with Crippen LogP contribution in [0.1, 0.15) is 24.2 Å². The number of aromatic nitrogens is 2. The van der Waals surface area contributed by atoms with Crippen LogP contribution in [0.3, 0.4) is 0 Å². The maximum absolute atomic E-state index is 6.19. The topological polar surface area (TPSA) is 30.3 Å². The third-order valence-electron chi connectivity index (χ3n) is 3.63. The minimum atomic E-state index is 0.669. The van der Waals surface area contributed by atoms with Crippen molar-refractivity contribution in [1.29, 1.82) is 0 Å². The molecule has 0 atom stereocenters. The Kier molecular flexibility index (Phi) is 3.36. The van der Waals surface area contributed by atoms with E-state index >= 15 is 0 Å². The predicted octanol–water partition coefficient (Wildman–Crippen LogP) is 1.71. The molecule has 2 aliphatic rings. The number of rotatable bonds is 2. The van der Waals surface area contributed by atoms with Gasteiger partial charge in [0.2, 0.25) is 5.28 Å². The first kappa shape index (κ1) is 11.5. The first-order chi connectivity index (χ1) is 8.34. The third-order valence-corrected chi connectivity index (χ3v) is 3.92. The number of hydrogen-bond donors (Lipinski definition) is 0. The Hall–Kier alpha value is -0.580. The largest absolute Gasteiger partial charge is 0.379 e. The second kappa shape index (κ2) is 4.96. The van der Waals surface area contributed by atoms with Crippen LogP contribution in [-0.4, -0.2) is 40.8 Å². The Morgan fingerprint density at radius 2 is 2.00 bits per heavy atom. The lowest BCUT2D eigenvalue weighted by atomic mass is 10.1. The van der Waals surface area contributed by atoms with Crippen molar-refractivity contribution in [3.63, 3.8) is 0 Å². The van der Waals surface area contributed by atoms with Crippen molar-refractivity contribution in [2.24, 2.45) is 0 Å². The van der Waals surface area contributed by atoms with E-state index in [4.69, 9.17) is 16.3 Å². The molecule has 1 saturated heterocycles. The van der Waals surface area contributed by atoms with Gasteiger partial charge < -0.3 is 9.30 Å². The van der Waals surface area contributed by atoms with Crippen molar-refractivity contribution in [1.82, 2.24) is 14.5 Å². The van der Waals surface area contributed by atoms with E-state index in [1.54, 1.807) is 0 Å². The molecule has 1 aromatic heterocycles. The number of halogens is 1. The van der Waals surface area contributed by atoms with E-state index in [2.05, 4.69) is 14.5 Å². The van der Waals surface area contributed by atoms with Crippen LogP contribution in [0.25, 0.3) is 0 Å². The molecule has 0 amide bonds. The zero-order valence-corrected chi connectivity index (χ0v) is 10.7. The van der Waals surface area contributed by atoms with Gasteiger partial charge in [-0.3, -0.25) is 4.90 Å². The number of imidazole rings is 1. The molecule has 0 aromatic carbocycles. The molecule has 1 aromatic rings. The van der Waals surface area contributed by atoms with Crippen LogP contribution < -0.4 is 0 Å². The van der Waals surface area contributed by atoms with Crippen molar-refractivity contribution in [3.05, 3.63) is 16.7 Å². The van der Waals surface area contributed by atoms with Gasteiger partial charge in [0.1, 0.15) is 0 Å². The minimum Gasteiger partial charge on any atom is -0.379 e. The molecule has 0 radical (unpaired) electrons. The normalized spacial score (nSPS) is 21.5. The van der Waals surface area contributed by atoms with Crippen LogP contribution in [0.5, 0.6) is 0 Å². The van der Waals surface area contributed by atoms with Crippen LogP contribution >= 0.6 is 11.6 Å². The maximum atomic E-state index is 6.19. The predicted molar refractivity (Wildman–Crippen MR) is 66.3 cm³/mol. The molecule has 3 heterocycles. The summed E-state index contributed by atoms with van der Waals surface area (Å²) in [5.74, 6) is 0. The molecule has 4 nitrogen and oxygen atoms in total. The summed E-state index contributed by atoms with van der Waals surface area (Å²) in [6.07, 6.45) is 3.61. The molecule has 1 fully saturated rings. The number of ether oxygens (including phenoxy) is 1. The minimum absolute atomic E-state index is 0.669. The Bertz CT molecular complexity index is 399. The lowest BCUT2D eigenvalue weighted by molar-refractivity contribution is 0.0335. The average Bonchev–Trinajstić information content (AvgIpc) is 2.69. The fourth-order valence-corrected chi connectivity index (χ4v) is 2.96. The maximum Gasteiger partial charge on any atom is 0.203 e. The van der Waals surface area contributed by atoms with Gasteiger partial charge in [-0.2, -0.15) is 0 Å². The quantitative estimate of drug-likeness (QED) is 0.806. The van der Waals surface area contributed by atoms with Gasteiger partial charge in [0, 0.05) is 31.9 Å². The van der Waals surface area contributed by atoms with Gasteiger partial charge in [-0.1, -0.05) is 0 Å². The summed E-state index contributed by atoms with van der Waals surface area (Å²) < 4.78 is 7.54. The van der Waals surface area contributed by atoms with Crippen molar-refractivity contribution in [2.75, 3.05) is 26.3 Å². The molecule has 0 saturated carbocycles. The summed E-state index contributed by atoms with van der Waals surface area (Å²) >= 11 is 6.19. The lowest BCUT2D eigenvalue weighted by Crippen LogP contribution is -2.36. The monoisotopic (exact) mass is 255 g/mol. The second-order valence-electron chi connectivity index (χ2n) is 4.77. The average molecular weight is 256 g/mol. The Morgan fingerprint density at radius 3 is 2.82 bits per heavy atom. The van der Waals surface area contributed by atoms with E-state index in [1.807, 2.05) is 0 Å². The molecule has 0 N–H and O–H groups in total. The molecular weight excluding hydrogens is 238 g/mol. The molecule has 3 rings (SSSR count). The first-order valence-electron chi connectivity index (χ1n) is 6.38. The smallest absolute Gasteiger partial charge is 0.203 e. The summed E-state index contributed by atoms with van der Waals surface area (Å²) in [5.41, 5.74) is 2.53. The second-order valence-corrected chi connectivity index (χ2v) is 5.11. The van der Waals surface area contributed by atoms with E-state index in [0.717, 1.165) is 45.8 Å². The summed E-state index contributed by atoms with van der Waals surface area (Å²) in [5, 5.41) is 0.669. The summed E-state index contributed by atoms with van der Waals surface area (Å²) in [6.45, 7) is 5.64. The van der Waals surface area contributed by atoms with Crippen LogP contribution in [0.2, 0.25) is 5.28 Å². The molecule has 2 aliphatic heterocycles. The van der Waals surface area contributed by atoms with Crippen molar-refractivity contribution >= 4 is 11.6 Å². The zero-order valence-electron chi connectivity index (χ0n) is 9.99. The zero-order chi connectivity index (χ0) is 11.7. The van der Waals surface area contributed by atoms with E-state index in [9.17, 15) is 0 Å². The molecule has 0 aliphatic carbocycles. The van der Waals surface area contributed by atoms with E-state index in [1.165, 1.54) is 24.2 Å². The highest BCUT2D eigenvalue weighted by Crippen LogP contribution is 2.24. The highest BCUT2D eigenvalue weighted by molar-refractivity contribution is 6.28. The number of nitrogens with zero attached hydrogens (tertiary/aromatic N) is 3. The van der Waals surface area contributed by atoms with E-state index in [-0.39, 0.29) is 0 Å². The highest BCUT2D eigenvalue weighted by Gasteiger charge is 2.21. The van der Waals surface area contributed by atoms with Crippen molar-refractivity contribution < 1.29 is 4.74 Å². The van der Waals surface area contributed by atoms with Gasteiger partial charge in [-0.15, -0.1) is 0 Å². The van der Waals surface area contributed by atoms with E-state index < -0.39 is 0 Å². The van der Waals surface area contributed by atoms with Crippen LogP contribution in [0, 0.1) is 0 Å². The number of hydrogen-bond acceptors (Lipinski definition) is 3. The Balaban J connectivity index is 1.78. The Morgan fingerprint density at radius 1 is 1.18 bits per heavy atom. The van der Waals surface area contributed by atoms with Crippen molar-refractivity contribution in [3.8, 4) is 0 Å². The fraction of sp³-hybridized carbons (Fsp3) is 0.750. The fourth-order valence-electron chi connectivity index (χ4n) is 2.67. The van der Waals surface area contributed by atoms with Gasteiger partial charge in [0.05, 0.1) is 18.9 Å². The van der Waals surface area contributed by atoms with Gasteiger partial charge in [0.25, 0.3) is 0 Å². The van der Waals surface area contributed by atoms with Crippen LogP contribution in [-0.2, 0) is 24.2 Å². The van der Waals surface area contributed by atoms with Crippen LogP contribution in [0.15, 0.2) is 0 Å². The summed E-state index contributed by atoms with van der Waals surface area (Å²) in [7, 11) is 0. The summed E-state index contributed by atoms with van der Waals surface area (Å²) in [6, 6.07) is 0.